The van der Waals surface area contributed by atoms with Crippen LogP contribution in [0.1, 0.15) is 0 Å². The quantitative estimate of drug-likeness (QED) is 0.462. The van der Waals surface area contributed by atoms with Gasteiger partial charge in [-0.1, -0.05) is 90.2 Å². The predicted octanol–water partition coefficient (Wildman–Crippen LogP) is 5.03. The fourth-order valence-corrected chi connectivity index (χ4v) is 20.5. The molecule has 0 aliphatic carbocycles. The van der Waals surface area contributed by atoms with Crippen LogP contribution in [0.15, 0.2) is 70.1 Å². The van der Waals surface area contributed by atoms with Crippen molar-refractivity contribution in [1.29, 1.82) is 0 Å². The SMILES string of the molecule is C[SiH](C)/C(=C(/Cl)[Si](C)(Cl)c1ccccc1)[Si](C)(Cl)c1ccccc1. The third-order valence-electron chi connectivity index (χ3n) is 4.36. The van der Waals surface area contributed by atoms with E-state index in [1.807, 2.05) is 36.4 Å². The zero-order valence-corrected chi connectivity index (χ0v) is 19.9. The standard InChI is InChI=1S/C18H23Cl3Si3/c1-22(2)18(24(4,21)16-13-9-6-10-14-16)17(19)23(3,20)15-11-7-5-8-12-15/h5-14,22H,1-4H3/b18-17+. The summed E-state index contributed by atoms with van der Waals surface area (Å²) in [6.45, 7) is 8.87. The van der Waals surface area contributed by atoms with Crippen molar-refractivity contribution in [2.75, 3.05) is 0 Å². The van der Waals surface area contributed by atoms with Gasteiger partial charge in [-0.05, 0) is 23.5 Å². The molecule has 0 spiro atoms. The van der Waals surface area contributed by atoms with E-state index in [1.54, 1.807) is 0 Å². The maximum atomic E-state index is 7.21. The lowest BCUT2D eigenvalue weighted by Crippen LogP contribution is -2.50. The van der Waals surface area contributed by atoms with Crippen LogP contribution < -0.4 is 10.4 Å². The molecule has 6 heteroatoms. The van der Waals surface area contributed by atoms with Crippen LogP contribution in [-0.4, -0.2) is 23.6 Å². The van der Waals surface area contributed by atoms with Crippen LogP contribution >= 0.6 is 33.8 Å². The van der Waals surface area contributed by atoms with Gasteiger partial charge in [0, 0.05) is 4.66 Å². The summed E-state index contributed by atoms with van der Waals surface area (Å²) in [5, 5.41) is 2.34. The molecule has 2 atom stereocenters. The van der Waals surface area contributed by atoms with E-state index in [2.05, 4.69) is 50.5 Å². The van der Waals surface area contributed by atoms with E-state index in [4.69, 9.17) is 33.8 Å². The van der Waals surface area contributed by atoms with Crippen molar-refractivity contribution in [3.63, 3.8) is 0 Å². The molecule has 0 N–H and O–H groups in total. The molecule has 0 amide bonds. The average Bonchev–Trinajstić information content (AvgIpc) is 2.56. The summed E-state index contributed by atoms with van der Waals surface area (Å²) in [5.74, 6) is 0. The van der Waals surface area contributed by atoms with Crippen LogP contribution in [0, 0.1) is 0 Å². The predicted molar refractivity (Wildman–Crippen MR) is 119 cm³/mol. The number of hydrogen-bond acceptors (Lipinski definition) is 0. The van der Waals surface area contributed by atoms with Gasteiger partial charge in [0.2, 0.25) is 14.8 Å². The van der Waals surface area contributed by atoms with Crippen molar-refractivity contribution < 1.29 is 0 Å². The van der Waals surface area contributed by atoms with Gasteiger partial charge in [0.05, 0.1) is 8.80 Å². The van der Waals surface area contributed by atoms with Crippen molar-refractivity contribution in [2.45, 2.75) is 26.2 Å². The second kappa shape index (κ2) is 7.94. The molecule has 0 bridgehead atoms. The molecular weight excluding hydrogens is 407 g/mol. The summed E-state index contributed by atoms with van der Waals surface area (Å²) in [6, 6.07) is 20.6. The normalized spacial score (nSPS) is 17.8. The highest BCUT2D eigenvalue weighted by Crippen LogP contribution is 2.34. The van der Waals surface area contributed by atoms with Crippen molar-refractivity contribution in [3.05, 3.63) is 70.1 Å². The molecule has 2 rings (SSSR count). The number of hydrogen-bond donors (Lipinski definition) is 0. The van der Waals surface area contributed by atoms with Crippen molar-refractivity contribution in [2.24, 2.45) is 0 Å². The number of benzene rings is 2. The first kappa shape index (κ1) is 20.0. The minimum atomic E-state index is -2.45. The van der Waals surface area contributed by atoms with Gasteiger partial charge in [-0.2, -0.15) is 22.2 Å². The number of rotatable bonds is 5. The Kier molecular flexibility index (Phi) is 6.62. The maximum Gasteiger partial charge on any atom is 0.225 e. The Bertz CT molecular complexity index is 711. The van der Waals surface area contributed by atoms with E-state index in [0.717, 1.165) is 9.84 Å². The molecule has 0 nitrogen and oxygen atoms in total. The first-order valence-electron chi connectivity index (χ1n) is 8.08. The minimum absolute atomic E-state index is 0.852. The average molecular weight is 430 g/mol. The van der Waals surface area contributed by atoms with Crippen LogP contribution in [0.3, 0.4) is 0 Å². The number of halogens is 3. The van der Waals surface area contributed by atoms with Crippen LogP contribution in [0.25, 0.3) is 0 Å². The van der Waals surface area contributed by atoms with E-state index in [1.165, 1.54) is 10.0 Å². The summed E-state index contributed by atoms with van der Waals surface area (Å²) in [4.78, 5) is 1.28. The molecule has 0 fully saturated rings. The van der Waals surface area contributed by atoms with Gasteiger partial charge < -0.3 is 0 Å². The Hall–Kier alpha value is -0.299. The molecule has 128 valence electrons. The van der Waals surface area contributed by atoms with Gasteiger partial charge in [0.15, 0.2) is 0 Å². The van der Waals surface area contributed by atoms with Crippen molar-refractivity contribution in [1.82, 2.24) is 0 Å². The monoisotopic (exact) mass is 428 g/mol. The molecule has 0 aliphatic heterocycles. The molecular formula is C18H23Cl3Si3. The largest absolute Gasteiger partial charge is 0.225 e. The molecule has 0 heterocycles. The van der Waals surface area contributed by atoms with Gasteiger partial charge in [-0.3, -0.25) is 0 Å². The highest BCUT2D eigenvalue weighted by molar-refractivity contribution is 7.38. The van der Waals surface area contributed by atoms with Gasteiger partial charge in [0.25, 0.3) is 0 Å². The molecule has 0 saturated heterocycles. The van der Waals surface area contributed by atoms with Crippen molar-refractivity contribution in [3.8, 4) is 0 Å². The van der Waals surface area contributed by atoms with Crippen LogP contribution in [0.2, 0.25) is 26.2 Å². The second-order valence-electron chi connectivity index (χ2n) is 6.62. The molecule has 24 heavy (non-hydrogen) atoms. The van der Waals surface area contributed by atoms with Gasteiger partial charge in [0.1, 0.15) is 0 Å². The summed E-state index contributed by atoms with van der Waals surface area (Å²) in [5.41, 5.74) is 0. The zero-order valence-electron chi connectivity index (χ0n) is 14.5. The highest BCUT2D eigenvalue weighted by atomic mass is 35.6. The summed E-state index contributed by atoms with van der Waals surface area (Å²) < 4.78 is 0.852. The molecule has 2 unspecified atom stereocenters. The first-order chi connectivity index (χ1) is 11.2. The summed E-state index contributed by atoms with van der Waals surface area (Å²) in [6.07, 6.45) is 0. The molecule has 2 aromatic carbocycles. The Balaban J connectivity index is 2.63. The Morgan fingerprint density at radius 3 is 1.50 bits per heavy atom. The fraction of sp³-hybridized carbons (Fsp3) is 0.222. The lowest BCUT2D eigenvalue weighted by molar-refractivity contribution is 1.71. The van der Waals surface area contributed by atoms with E-state index < -0.39 is 23.6 Å². The minimum Gasteiger partial charge on any atom is -0.156 e. The smallest absolute Gasteiger partial charge is 0.156 e. The third-order valence-corrected chi connectivity index (χ3v) is 20.0. The topological polar surface area (TPSA) is 0 Å². The van der Waals surface area contributed by atoms with Gasteiger partial charge in [-0.25, -0.2) is 0 Å². The summed E-state index contributed by atoms with van der Waals surface area (Å²) in [7, 11) is -6.03. The fourth-order valence-electron chi connectivity index (χ4n) is 3.04. The first-order valence-corrected chi connectivity index (χ1v) is 18.4. The zero-order chi connectivity index (χ0) is 18.0. The summed E-state index contributed by atoms with van der Waals surface area (Å²) >= 11 is 21.3. The van der Waals surface area contributed by atoms with Gasteiger partial charge >= 0.3 is 0 Å². The van der Waals surface area contributed by atoms with E-state index >= 15 is 0 Å². The van der Waals surface area contributed by atoms with Crippen LogP contribution in [-0.2, 0) is 0 Å². The molecule has 2 aromatic rings. The van der Waals surface area contributed by atoms with E-state index in [0.29, 0.717) is 0 Å². The second-order valence-corrected chi connectivity index (χ2v) is 21.5. The lowest BCUT2D eigenvalue weighted by Gasteiger charge is -2.32. The van der Waals surface area contributed by atoms with Crippen LogP contribution in [0.5, 0.6) is 0 Å². The highest BCUT2D eigenvalue weighted by Gasteiger charge is 2.42. The Morgan fingerprint density at radius 1 is 0.750 bits per heavy atom. The Morgan fingerprint density at radius 2 is 1.12 bits per heavy atom. The Labute approximate surface area is 163 Å². The lowest BCUT2D eigenvalue weighted by atomic mass is 10.4. The van der Waals surface area contributed by atoms with Crippen LogP contribution in [0.4, 0.5) is 0 Å². The van der Waals surface area contributed by atoms with Crippen molar-refractivity contribution >= 4 is 67.7 Å². The maximum absolute atomic E-state index is 7.21. The van der Waals surface area contributed by atoms with E-state index in [-0.39, 0.29) is 0 Å². The molecule has 0 aromatic heterocycles. The molecule has 0 aliphatic rings. The van der Waals surface area contributed by atoms with E-state index in [9.17, 15) is 0 Å². The third kappa shape index (κ3) is 4.09. The molecule has 0 radical (unpaired) electrons. The van der Waals surface area contributed by atoms with Gasteiger partial charge in [-0.15, -0.1) is 0 Å². The molecule has 0 saturated carbocycles.